The van der Waals surface area contributed by atoms with Gasteiger partial charge in [-0.15, -0.1) is 0 Å². The van der Waals surface area contributed by atoms with Crippen LogP contribution < -0.4 is 16.0 Å². The molecule has 2 unspecified atom stereocenters. The van der Waals surface area contributed by atoms with Crippen molar-refractivity contribution in [1.82, 2.24) is 16.0 Å². The molecule has 1 aromatic rings. The maximum Gasteiger partial charge on any atom is 0.150 e. The van der Waals surface area contributed by atoms with Crippen LogP contribution in [0.3, 0.4) is 0 Å². The van der Waals surface area contributed by atoms with Crippen molar-refractivity contribution in [3.05, 3.63) is 47.3 Å². The van der Waals surface area contributed by atoms with Crippen LogP contribution in [0.2, 0.25) is 0 Å². The fourth-order valence-corrected chi connectivity index (χ4v) is 2.84. The highest BCUT2D eigenvalue weighted by Crippen LogP contribution is 2.37. The number of rotatable bonds is 6. The quantitative estimate of drug-likeness (QED) is 0.384. The van der Waals surface area contributed by atoms with Crippen LogP contribution in [-0.4, -0.2) is 38.2 Å². The number of hydrogen-bond acceptors (Lipinski definition) is 5. The predicted molar refractivity (Wildman–Crippen MR) is 131 cm³/mol. The molecule has 2 atom stereocenters. The molecule has 0 radical (unpaired) electrons. The summed E-state index contributed by atoms with van der Waals surface area (Å²) in [6, 6.07) is 8.60. The Labute approximate surface area is 184 Å². The molecule has 170 valence electrons. The second-order valence-corrected chi connectivity index (χ2v) is 9.99. The first kappa shape index (κ1) is 27.9. The Morgan fingerprint density at radius 1 is 1.17 bits per heavy atom. The Hall–Kier alpha value is -2.14. The van der Waals surface area contributed by atoms with Crippen LogP contribution in [-0.2, 0) is 0 Å². The Morgan fingerprint density at radius 3 is 2.23 bits per heavy atom. The first-order chi connectivity index (χ1) is 13.9. The van der Waals surface area contributed by atoms with Crippen molar-refractivity contribution in [1.29, 1.82) is 5.41 Å². The third kappa shape index (κ3) is 11.8. The van der Waals surface area contributed by atoms with Gasteiger partial charge in [-0.1, -0.05) is 39.0 Å². The summed E-state index contributed by atoms with van der Waals surface area (Å²) in [6.07, 6.45) is 5.38. The van der Waals surface area contributed by atoms with Gasteiger partial charge in [0.1, 0.15) is 6.29 Å². The molecule has 4 N–H and O–H groups in total. The number of aldehydes is 1. The van der Waals surface area contributed by atoms with Crippen LogP contribution in [0.1, 0.15) is 83.1 Å². The topological polar surface area (TPSA) is 77.0 Å². The minimum absolute atomic E-state index is 0.165. The fourth-order valence-electron chi connectivity index (χ4n) is 2.84. The summed E-state index contributed by atoms with van der Waals surface area (Å²) in [4.78, 5) is 10.8. The van der Waals surface area contributed by atoms with E-state index in [4.69, 9.17) is 5.41 Å². The minimum Gasteiger partial charge on any atom is -0.390 e. The van der Waals surface area contributed by atoms with Crippen molar-refractivity contribution >= 4 is 13.0 Å². The number of carbonyl (C=O) groups excluding carboxylic acids is 1. The zero-order valence-corrected chi connectivity index (χ0v) is 20.4. The molecule has 30 heavy (non-hydrogen) atoms. The molecule has 0 heterocycles. The first-order valence-electron chi connectivity index (χ1n) is 10.7. The first-order valence-corrected chi connectivity index (χ1v) is 10.7. The zero-order valence-electron chi connectivity index (χ0n) is 20.4. The summed E-state index contributed by atoms with van der Waals surface area (Å²) in [6.45, 7) is 18.7. The van der Waals surface area contributed by atoms with Gasteiger partial charge < -0.3 is 21.4 Å². The standard InChI is InChI=1S/C16H23NO.C8H18N2.CH3N/c1-16(2,3)11-17-15-8-7-14(15)13-6-4-5-12(9-13)10-18;1-7(9-5)6-10-8(2,3)4;1-2/h4-6,9-10,14-15,17H,7-8,11H2,1-3H3;6,9-10H,1-5H3;2H,1H2/b;7-6+;. The number of nitrogens with one attached hydrogen (secondary N) is 4. The van der Waals surface area contributed by atoms with Crippen molar-refractivity contribution < 1.29 is 4.79 Å². The summed E-state index contributed by atoms with van der Waals surface area (Å²) in [7, 11) is 1.91. The van der Waals surface area contributed by atoms with Gasteiger partial charge in [0.2, 0.25) is 0 Å². The van der Waals surface area contributed by atoms with E-state index in [1.54, 1.807) is 0 Å². The van der Waals surface area contributed by atoms with E-state index in [1.165, 1.54) is 18.4 Å². The average molecular weight is 417 g/mol. The van der Waals surface area contributed by atoms with Gasteiger partial charge in [-0.2, -0.15) is 0 Å². The zero-order chi connectivity index (χ0) is 23.4. The molecule has 1 aliphatic carbocycles. The lowest BCUT2D eigenvalue weighted by Gasteiger charge is -2.39. The lowest BCUT2D eigenvalue weighted by Crippen LogP contribution is -2.45. The highest BCUT2D eigenvalue weighted by molar-refractivity contribution is 5.75. The van der Waals surface area contributed by atoms with Crippen LogP contribution >= 0.6 is 0 Å². The normalized spacial score (nSPS) is 18.6. The Kier molecular flexibility index (Phi) is 12.3. The monoisotopic (exact) mass is 416 g/mol. The number of benzene rings is 1. The summed E-state index contributed by atoms with van der Waals surface area (Å²) in [5.41, 5.74) is 3.73. The summed E-state index contributed by atoms with van der Waals surface area (Å²) >= 11 is 0. The Balaban J connectivity index is 0.000000600. The number of carbonyl (C=O) groups is 1. The fraction of sp³-hybridized carbons (Fsp3) is 0.600. The van der Waals surface area contributed by atoms with Gasteiger partial charge in [-0.05, 0) is 70.2 Å². The maximum atomic E-state index is 10.8. The van der Waals surface area contributed by atoms with E-state index in [0.717, 1.165) is 24.1 Å². The Morgan fingerprint density at radius 2 is 1.80 bits per heavy atom. The van der Waals surface area contributed by atoms with Crippen LogP contribution in [0.15, 0.2) is 36.2 Å². The van der Waals surface area contributed by atoms with Gasteiger partial charge in [0, 0.05) is 42.6 Å². The SMILES string of the molecule is C=N.CC(C)(C)CNC1CCC1c1cccc(C=O)c1.CN/C(C)=C/NC(C)(C)C. The van der Waals surface area contributed by atoms with E-state index in [9.17, 15) is 4.79 Å². The lowest BCUT2D eigenvalue weighted by atomic mass is 9.74. The molecule has 2 rings (SSSR count). The van der Waals surface area contributed by atoms with E-state index < -0.39 is 0 Å². The van der Waals surface area contributed by atoms with Gasteiger partial charge in [0.05, 0.1) is 0 Å². The van der Waals surface area contributed by atoms with E-state index in [0.29, 0.717) is 17.4 Å². The van der Waals surface area contributed by atoms with E-state index >= 15 is 0 Å². The molecule has 0 saturated heterocycles. The highest BCUT2D eigenvalue weighted by atomic mass is 16.1. The lowest BCUT2D eigenvalue weighted by molar-refractivity contribution is 0.112. The molecule has 0 aromatic heterocycles. The molecule has 1 saturated carbocycles. The van der Waals surface area contributed by atoms with Crippen LogP contribution in [0.4, 0.5) is 0 Å². The molecule has 0 amide bonds. The number of hydrogen-bond donors (Lipinski definition) is 4. The van der Waals surface area contributed by atoms with Crippen LogP contribution in [0.25, 0.3) is 0 Å². The molecule has 1 fully saturated rings. The highest BCUT2D eigenvalue weighted by Gasteiger charge is 2.32. The second kappa shape index (κ2) is 13.2. The van der Waals surface area contributed by atoms with E-state index in [1.807, 2.05) is 38.4 Å². The van der Waals surface area contributed by atoms with Crippen LogP contribution in [0, 0.1) is 10.8 Å². The maximum absolute atomic E-state index is 10.8. The smallest absolute Gasteiger partial charge is 0.150 e. The van der Waals surface area contributed by atoms with Crippen LogP contribution in [0.5, 0.6) is 0 Å². The van der Waals surface area contributed by atoms with Gasteiger partial charge >= 0.3 is 0 Å². The molecule has 5 heteroatoms. The van der Waals surface area contributed by atoms with Crippen molar-refractivity contribution in [2.45, 2.75) is 78.8 Å². The van der Waals surface area contributed by atoms with Gasteiger partial charge in [-0.3, -0.25) is 4.79 Å². The molecular weight excluding hydrogens is 372 g/mol. The third-order valence-electron chi connectivity index (χ3n) is 4.76. The second-order valence-electron chi connectivity index (χ2n) is 9.99. The Bertz CT molecular complexity index is 656. The largest absolute Gasteiger partial charge is 0.390 e. The van der Waals surface area contributed by atoms with E-state index in [-0.39, 0.29) is 5.54 Å². The van der Waals surface area contributed by atoms with Gasteiger partial charge in [-0.25, -0.2) is 0 Å². The molecule has 0 bridgehead atoms. The molecule has 0 spiro atoms. The molecule has 1 aliphatic rings. The van der Waals surface area contributed by atoms with Crippen molar-refractivity contribution in [2.75, 3.05) is 13.6 Å². The average Bonchev–Trinajstić information content (AvgIpc) is 2.66. The number of allylic oxidation sites excluding steroid dienone is 1. The summed E-state index contributed by atoms with van der Waals surface area (Å²) in [5, 5.41) is 15.4. The molecule has 5 nitrogen and oxygen atoms in total. The molecule has 0 aliphatic heterocycles. The van der Waals surface area contributed by atoms with E-state index in [2.05, 4.69) is 70.3 Å². The molecular formula is C25H44N4O. The molecule has 1 aromatic carbocycles. The van der Waals surface area contributed by atoms with Crippen molar-refractivity contribution in [3.8, 4) is 0 Å². The van der Waals surface area contributed by atoms with Crippen molar-refractivity contribution in [3.63, 3.8) is 0 Å². The van der Waals surface area contributed by atoms with Crippen molar-refractivity contribution in [2.24, 2.45) is 5.41 Å². The third-order valence-corrected chi connectivity index (χ3v) is 4.76. The predicted octanol–water partition coefficient (Wildman–Crippen LogP) is 5.10. The minimum atomic E-state index is 0.165. The van der Waals surface area contributed by atoms with Gasteiger partial charge in [0.25, 0.3) is 0 Å². The van der Waals surface area contributed by atoms with Gasteiger partial charge in [0.15, 0.2) is 0 Å². The summed E-state index contributed by atoms with van der Waals surface area (Å²) in [5.74, 6) is 0.576. The summed E-state index contributed by atoms with van der Waals surface area (Å²) < 4.78 is 0.